The van der Waals surface area contributed by atoms with Crippen molar-refractivity contribution in [2.75, 3.05) is 33.4 Å². The van der Waals surface area contributed by atoms with Gasteiger partial charge in [-0.2, -0.15) is 0 Å². The van der Waals surface area contributed by atoms with Crippen LogP contribution >= 0.6 is 0 Å². The average Bonchev–Trinajstić information content (AvgIpc) is 2.22. The van der Waals surface area contributed by atoms with Crippen LogP contribution in [0.25, 0.3) is 0 Å². The number of likely N-dealkylation sites (N-methyl/N-ethyl adjacent to an activating group) is 1. The van der Waals surface area contributed by atoms with Crippen LogP contribution < -0.4 is 5.32 Å². The van der Waals surface area contributed by atoms with Crippen LogP contribution in [-0.2, 0) is 4.79 Å². The molecule has 5 heteroatoms. The number of piperidine rings is 1. The number of nitrogens with zero attached hydrogens (tertiary/aromatic N) is 1. The largest absolute Gasteiger partial charge is 0.393 e. The third-order valence-electron chi connectivity index (χ3n) is 2.85. The Morgan fingerprint density at radius 3 is 3.00 bits per heavy atom. The minimum Gasteiger partial charge on any atom is -0.393 e. The van der Waals surface area contributed by atoms with E-state index in [1.165, 1.54) is 0 Å². The van der Waals surface area contributed by atoms with E-state index in [1.54, 1.807) is 11.9 Å². The molecule has 0 aromatic heterocycles. The van der Waals surface area contributed by atoms with Gasteiger partial charge in [-0.25, -0.2) is 0 Å². The van der Waals surface area contributed by atoms with Crippen molar-refractivity contribution in [3.63, 3.8) is 0 Å². The van der Waals surface area contributed by atoms with E-state index in [1.807, 2.05) is 0 Å². The molecule has 1 saturated heterocycles. The molecule has 0 saturated carbocycles. The lowest BCUT2D eigenvalue weighted by Gasteiger charge is -2.35. The Morgan fingerprint density at radius 2 is 2.40 bits per heavy atom. The maximum absolute atomic E-state index is 12.2. The molecule has 0 bridgehead atoms. The average molecular weight is 218 g/mol. The summed E-state index contributed by atoms with van der Waals surface area (Å²) in [6.07, 6.45) is 0.435. The molecule has 1 fully saturated rings. The number of hydrogen-bond donors (Lipinski definition) is 2. The number of alkyl halides is 1. The lowest BCUT2D eigenvalue weighted by atomic mass is 9.92. The molecule has 1 amide bonds. The molecular formula is C10H19FN2O2. The Hall–Kier alpha value is -0.680. The van der Waals surface area contributed by atoms with Gasteiger partial charge in [-0.3, -0.25) is 9.18 Å². The molecule has 0 aromatic rings. The minimum absolute atomic E-state index is 0.0215. The number of carbonyl (C=O) groups excluding carboxylic acids is 1. The molecule has 1 aliphatic rings. The smallest absolute Gasteiger partial charge is 0.236 e. The Balaban J connectivity index is 2.45. The normalized spacial score (nSPS) is 26.7. The first-order valence-corrected chi connectivity index (χ1v) is 5.35. The summed E-state index contributed by atoms with van der Waals surface area (Å²) < 4.78 is 12.2. The second-order valence-electron chi connectivity index (χ2n) is 3.96. The van der Waals surface area contributed by atoms with Crippen LogP contribution in [0.2, 0.25) is 0 Å². The zero-order valence-electron chi connectivity index (χ0n) is 9.08. The summed E-state index contributed by atoms with van der Waals surface area (Å²) in [5.41, 5.74) is 0. The zero-order valence-corrected chi connectivity index (χ0v) is 9.08. The fourth-order valence-electron chi connectivity index (χ4n) is 1.93. The van der Waals surface area contributed by atoms with Gasteiger partial charge in [-0.1, -0.05) is 0 Å². The SMILES string of the molecule is CNCC(=O)N1CC[C@@H](O)[C@@H](CCF)C1. The van der Waals surface area contributed by atoms with Gasteiger partial charge in [0.2, 0.25) is 5.91 Å². The summed E-state index contributed by atoms with van der Waals surface area (Å²) in [5.74, 6) is -0.0854. The summed E-state index contributed by atoms with van der Waals surface area (Å²) in [5, 5.41) is 12.4. The highest BCUT2D eigenvalue weighted by Gasteiger charge is 2.29. The zero-order chi connectivity index (χ0) is 11.3. The minimum atomic E-state index is -0.459. The molecule has 88 valence electrons. The number of nitrogens with one attached hydrogen (secondary N) is 1. The van der Waals surface area contributed by atoms with E-state index in [-0.39, 0.29) is 11.8 Å². The van der Waals surface area contributed by atoms with E-state index < -0.39 is 12.8 Å². The van der Waals surface area contributed by atoms with E-state index in [2.05, 4.69) is 5.32 Å². The van der Waals surface area contributed by atoms with Crippen LogP contribution in [0.15, 0.2) is 0 Å². The number of aliphatic hydroxyl groups is 1. The monoisotopic (exact) mass is 218 g/mol. The Labute approximate surface area is 89.4 Å². The molecule has 2 N–H and O–H groups in total. The predicted molar refractivity (Wildman–Crippen MR) is 55.2 cm³/mol. The van der Waals surface area contributed by atoms with Crippen LogP contribution in [0.5, 0.6) is 0 Å². The van der Waals surface area contributed by atoms with Crippen molar-refractivity contribution in [3.8, 4) is 0 Å². The molecule has 0 radical (unpaired) electrons. The summed E-state index contributed by atoms with van der Waals surface area (Å²) in [6.45, 7) is 0.921. The molecule has 0 spiro atoms. The fourth-order valence-corrected chi connectivity index (χ4v) is 1.93. The Bertz CT molecular complexity index is 214. The van der Waals surface area contributed by atoms with Crippen molar-refractivity contribution in [2.24, 2.45) is 5.92 Å². The van der Waals surface area contributed by atoms with Crippen molar-refractivity contribution >= 4 is 5.91 Å². The molecule has 0 unspecified atom stereocenters. The molecule has 1 aliphatic heterocycles. The molecule has 0 aliphatic carbocycles. The van der Waals surface area contributed by atoms with Crippen molar-refractivity contribution in [2.45, 2.75) is 18.9 Å². The standard InChI is InChI=1S/C10H19FN2O2/c1-12-6-10(15)13-5-3-9(14)8(7-13)2-4-11/h8-9,12,14H,2-7H2,1H3/t8-,9+/m0/s1. The van der Waals surface area contributed by atoms with Crippen LogP contribution in [-0.4, -0.2) is 55.4 Å². The van der Waals surface area contributed by atoms with Gasteiger partial charge in [-0.15, -0.1) is 0 Å². The first-order chi connectivity index (χ1) is 7.19. The predicted octanol–water partition coefficient (Wildman–Crippen LogP) is -0.225. The van der Waals surface area contributed by atoms with Gasteiger partial charge in [0.15, 0.2) is 0 Å². The van der Waals surface area contributed by atoms with Crippen LogP contribution in [0.3, 0.4) is 0 Å². The number of likely N-dealkylation sites (tertiary alicyclic amines) is 1. The topological polar surface area (TPSA) is 52.6 Å². The van der Waals surface area contributed by atoms with Gasteiger partial charge >= 0.3 is 0 Å². The molecule has 15 heavy (non-hydrogen) atoms. The summed E-state index contributed by atoms with van der Waals surface area (Å²) in [7, 11) is 1.72. The van der Waals surface area contributed by atoms with Gasteiger partial charge < -0.3 is 15.3 Å². The van der Waals surface area contributed by atoms with Gasteiger partial charge in [0, 0.05) is 19.0 Å². The van der Waals surface area contributed by atoms with Gasteiger partial charge in [0.25, 0.3) is 0 Å². The van der Waals surface area contributed by atoms with Crippen LogP contribution in [0.1, 0.15) is 12.8 Å². The highest BCUT2D eigenvalue weighted by Crippen LogP contribution is 2.20. The van der Waals surface area contributed by atoms with E-state index in [4.69, 9.17) is 0 Å². The van der Waals surface area contributed by atoms with Gasteiger partial charge in [0.1, 0.15) is 0 Å². The van der Waals surface area contributed by atoms with Crippen LogP contribution in [0, 0.1) is 5.92 Å². The number of hydrogen-bond acceptors (Lipinski definition) is 3. The second-order valence-corrected chi connectivity index (χ2v) is 3.96. The second kappa shape index (κ2) is 6.02. The summed E-state index contributed by atoms with van der Waals surface area (Å²) >= 11 is 0. The first-order valence-electron chi connectivity index (χ1n) is 5.35. The Morgan fingerprint density at radius 1 is 1.67 bits per heavy atom. The highest BCUT2D eigenvalue weighted by molar-refractivity contribution is 5.78. The number of amides is 1. The fraction of sp³-hybridized carbons (Fsp3) is 0.900. The lowest BCUT2D eigenvalue weighted by molar-refractivity contribution is -0.134. The van der Waals surface area contributed by atoms with Gasteiger partial charge in [-0.05, 0) is 19.9 Å². The number of rotatable bonds is 4. The van der Waals surface area contributed by atoms with Crippen molar-refractivity contribution in [1.82, 2.24) is 10.2 Å². The van der Waals surface area contributed by atoms with Crippen molar-refractivity contribution in [1.29, 1.82) is 0 Å². The summed E-state index contributed by atoms with van der Waals surface area (Å²) in [6, 6.07) is 0. The van der Waals surface area contributed by atoms with E-state index >= 15 is 0 Å². The van der Waals surface area contributed by atoms with Crippen LogP contribution in [0.4, 0.5) is 4.39 Å². The first kappa shape index (κ1) is 12.4. The Kier molecular flexibility index (Phi) is 4.98. The summed E-state index contributed by atoms with van der Waals surface area (Å²) in [4.78, 5) is 13.2. The number of halogens is 1. The number of carbonyl (C=O) groups is 1. The molecule has 0 aromatic carbocycles. The third kappa shape index (κ3) is 3.43. The van der Waals surface area contributed by atoms with Gasteiger partial charge in [0.05, 0.1) is 19.3 Å². The molecule has 1 heterocycles. The molecule has 1 rings (SSSR count). The lowest BCUT2D eigenvalue weighted by Crippen LogP contribution is -2.48. The van der Waals surface area contributed by atoms with E-state index in [9.17, 15) is 14.3 Å². The number of aliphatic hydroxyl groups excluding tert-OH is 1. The maximum Gasteiger partial charge on any atom is 0.236 e. The van der Waals surface area contributed by atoms with E-state index in [0.717, 1.165) is 0 Å². The maximum atomic E-state index is 12.2. The highest BCUT2D eigenvalue weighted by atomic mass is 19.1. The van der Waals surface area contributed by atoms with E-state index in [0.29, 0.717) is 32.5 Å². The quantitative estimate of drug-likeness (QED) is 0.685. The molecule has 4 nitrogen and oxygen atoms in total. The third-order valence-corrected chi connectivity index (χ3v) is 2.85. The van der Waals surface area contributed by atoms with Crippen molar-refractivity contribution in [3.05, 3.63) is 0 Å². The molecule has 2 atom stereocenters. The molecular weight excluding hydrogens is 199 g/mol. The van der Waals surface area contributed by atoms with Crippen molar-refractivity contribution < 1.29 is 14.3 Å².